The van der Waals surface area contributed by atoms with Crippen molar-refractivity contribution in [3.05, 3.63) is 29.8 Å². The standard InChI is InChI=1S/C13H22N2O/c1-2-9-16-10-5-8-15-11-12-6-3-4-7-13(12)14/h3-4,6-7,15H,2,5,8-11,14H2,1H3. The number of hydrogen-bond donors (Lipinski definition) is 2. The van der Waals surface area contributed by atoms with Crippen molar-refractivity contribution in [1.29, 1.82) is 0 Å². The molecule has 0 aliphatic heterocycles. The number of para-hydroxylation sites is 1. The van der Waals surface area contributed by atoms with Gasteiger partial charge >= 0.3 is 0 Å². The molecular weight excluding hydrogens is 200 g/mol. The number of anilines is 1. The van der Waals surface area contributed by atoms with Crippen LogP contribution in [-0.4, -0.2) is 19.8 Å². The molecule has 0 atom stereocenters. The van der Waals surface area contributed by atoms with Crippen LogP contribution in [0.4, 0.5) is 5.69 Å². The third kappa shape index (κ3) is 5.14. The number of rotatable bonds is 8. The molecule has 0 bridgehead atoms. The van der Waals surface area contributed by atoms with E-state index in [0.717, 1.165) is 50.4 Å². The summed E-state index contributed by atoms with van der Waals surface area (Å²) < 4.78 is 5.39. The monoisotopic (exact) mass is 222 g/mol. The Labute approximate surface area is 98.0 Å². The number of benzene rings is 1. The van der Waals surface area contributed by atoms with Crippen LogP contribution in [0.5, 0.6) is 0 Å². The van der Waals surface area contributed by atoms with Gasteiger partial charge in [-0.15, -0.1) is 0 Å². The van der Waals surface area contributed by atoms with Gasteiger partial charge in [0.25, 0.3) is 0 Å². The first-order valence-corrected chi connectivity index (χ1v) is 5.96. The molecule has 0 saturated heterocycles. The molecule has 0 amide bonds. The lowest BCUT2D eigenvalue weighted by Gasteiger charge is -2.07. The van der Waals surface area contributed by atoms with Crippen molar-refractivity contribution in [2.75, 3.05) is 25.5 Å². The van der Waals surface area contributed by atoms with E-state index in [1.165, 1.54) is 0 Å². The van der Waals surface area contributed by atoms with E-state index in [1.54, 1.807) is 0 Å². The molecule has 1 aromatic carbocycles. The van der Waals surface area contributed by atoms with E-state index in [-0.39, 0.29) is 0 Å². The van der Waals surface area contributed by atoms with Crippen LogP contribution in [0.2, 0.25) is 0 Å². The van der Waals surface area contributed by atoms with Gasteiger partial charge in [0, 0.05) is 25.4 Å². The van der Waals surface area contributed by atoms with Crippen molar-refractivity contribution in [2.45, 2.75) is 26.3 Å². The Morgan fingerprint density at radius 3 is 2.81 bits per heavy atom. The van der Waals surface area contributed by atoms with Crippen LogP contribution < -0.4 is 11.1 Å². The summed E-state index contributed by atoms with van der Waals surface area (Å²) in [6, 6.07) is 7.95. The van der Waals surface area contributed by atoms with Gasteiger partial charge in [0.1, 0.15) is 0 Å². The maximum absolute atomic E-state index is 5.84. The maximum atomic E-state index is 5.84. The Morgan fingerprint density at radius 2 is 2.06 bits per heavy atom. The number of ether oxygens (including phenoxy) is 1. The van der Waals surface area contributed by atoms with Crippen LogP contribution in [0.15, 0.2) is 24.3 Å². The minimum Gasteiger partial charge on any atom is -0.398 e. The maximum Gasteiger partial charge on any atom is 0.0478 e. The van der Waals surface area contributed by atoms with Gasteiger partial charge < -0.3 is 15.8 Å². The first-order chi connectivity index (χ1) is 7.84. The number of nitrogen functional groups attached to an aromatic ring is 1. The highest BCUT2D eigenvalue weighted by Gasteiger charge is 1.96. The summed E-state index contributed by atoms with van der Waals surface area (Å²) in [5.41, 5.74) is 7.86. The molecule has 0 aliphatic carbocycles. The Kier molecular flexibility index (Phi) is 6.61. The number of nitrogens with two attached hydrogens (primary N) is 1. The summed E-state index contributed by atoms with van der Waals surface area (Å²) in [4.78, 5) is 0. The van der Waals surface area contributed by atoms with Crippen LogP contribution >= 0.6 is 0 Å². The van der Waals surface area contributed by atoms with Crippen molar-refractivity contribution in [1.82, 2.24) is 5.32 Å². The average Bonchev–Trinajstić information content (AvgIpc) is 2.30. The largest absolute Gasteiger partial charge is 0.398 e. The van der Waals surface area contributed by atoms with Gasteiger partial charge in [0.2, 0.25) is 0 Å². The van der Waals surface area contributed by atoms with Crippen LogP contribution in [0.25, 0.3) is 0 Å². The molecule has 90 valence electrons. The van der Waals surface area contributed by atoms with E-state index >= 15 is 0 Å². The smallest absolute Gasteiger partial charge is 0.0478 e. The predicted molar refractivity (Wildman–Crippen MR) is 68.3 cm³/mol. The molecule has 3 nitrogen and oxygen atoms in total. The first kappa shape index (κ1) is 13.0. The lowest BCUT2D eigenvalue weighted by atomic mass is 10.2. The molecule has 0 unspecified atom stereocenters. The Hall–Kier alpha value is -1.06. The van der Waals surface area contributed by atoms with Gasteiger partial charge in [0.15, 0.2) is 0 Å². The van der Waals surface area contributed by atoms with Crippen molar-refractivity contribution < 1.29 is 4.74 Å². The van der Waals surface area contributed by atoms with Gasteiger partial charge in [-0.05, 0) is 31.0 Å². The fourth-order valence-electron chi connectivity index (χ4n) is 1.46. The summed E-state index contributed by atoms with van der Waals surface area (Å²) in [6.45, 7) is 5.63. The summed E-state index contributed by atoms with van der Waals surface area (Å²) in [6.07, 6.45) is 2.14. The van der Waals surface area contributed by atoms with Gasteiger partial charge in [-0.2, -0.15) is 0 Å². The zero-order chi connectivity index (χ0) is 11.6. The molecule has 16 heavy (non-hydrogen) atoms. The van der Waals surface area contributed by atoms with Gasteiger partial charge in [-0.3, -0.25) is 0 Å². The second-order valence-electron chi connectivity index (χ2n) is 3.84. The summed E-state index contributed by atoms with van der Waals surface area (Å²) in [5, 5.41) is 3.36. The number of nitrogens with one attached hydrogen (secondary N) is 1. The van der Waals surface area contributed by atoms with Gasteiger partial charge in [-0.1, -0.05) is 25.1 Å². The van der Waals surface area contributed by atoms with Crippen molar-refractivity contribution in [2.24, 2.45) is 0 Å². The van der Waals surface area contributed by atoms with Crippen molar-refractivity contribution in [3.8, 4) is 0 Å². The molecule has 3 N–H and O–H groups in total. The fourth-order valence-corrected chi connectivity index (χ4v) is 1.46. The lowest BCUT2D eigenvalue weighted by Crippen LogP contribution is -2.17. The minimum absolute atomic E-state index is 0.834. The Balaban J connectivity index is 2.05. The molecule has 0 aromatic heterocycles. The Morgan fingerprint density at radius 1 is 1.25 bits per heavy atom. The molecular formula is C13H22N2O. The number of hydrogen-bond acceptors (Lipinski definition) is 3. The van der Waals surface area contributed by atoms with Crippen LogP contribution in [-0.2, 0) is 11.3 Å². The van der Waals surface area contributed by atoms with E-state index in [9.17, 15) is 0 Å². The molecule has 0 radical (unpaired) electrons. The second-order valence-corrected chi connectivity index (χ2v) is 3.84. The molecule has 1 aromatic rings. The molecule has 0 fully saturated rings. The average molecular weight is 222 g/mol. The van der Waals surface area contributed by atoms with E-state index in [4.69, 9.17) is 10.5 Å². The van der Waals surface area contributed by atoms with E-state index in [2.05, 4.69) is 18.3 Å². The summed E-state index contributed by atoms with van der Waals surface area (Å²) in [7, 11) is 0. The zero-order valence-electron chi connectivity index (χ0n) is 10.0. The zero-order valence-corrected chi connectivity index (χ0v) is 10.0. The molecule has 0 spiro atoms. The highest BCUT2D eigenvalue weighted by atomic mass is 16.5. The topological polar surface area (TPSA) is 47.3 Å². The quantitative estimate of drug-likeness (QED) is 0.523. The Bertz CT molecular complexity index is 289. The third-order valence-electron chi connectivity index (χ3n) is 2.36. The molecule has 3 heteroatoms. The van der Waals surface area contributed by atoms with Gasteiger partial charge in [0.05, 0.1) is 0 Å². The molecule has 0 aliphatic rings. The van der Waals surface area contributed by atoms with Crippen LogP contribution in [0.1, 0.15) is 25.3 Å². The normalized spacial score (nSPS) is 10.6. The van der Waals surface area contributed by atoms with Crippen molar-refractivity contribution in [3.63, 3.8) is 0 Å². The SMILES string of the molecule is CCCOCCCNCc1ccccc1N. The molecule has 1 rings (SSSR count). The molecule has 0 saturated carbocycles. The van der Waals surface area contributed by atoms with Crippen molar-refractivity contribution >= 4 is 5.69 Å². The van der Waals surface area contributed by atoms with E-state index in [1.807, 2.05) is 18.2 Å². The minimum atomic E-state index is 0.834. The molecule has 0 heterocycles. The second kappa shape index (κ2) is 8.13. The van der Waals surface area contributed by atoms with Crippen LogP contribution in [0, 0.1) is 0 Å². The lowest BCUT2D eigenvalue weighted by molar-refractivity contribution is 0.132. The highest BCUT2D eigenvalue weighted by Crippen LogP contribution is 2.09. The summed E-state index contributed by atoms with van der Waals surface area (Å²) >= 11 is 0. The van der Waals surface area contributed by atoms with Gasteiger partial charge in [-0.25, -0.2) is 0 Å². The fraction of sp³-hybridized carbons (Fsp3) is 0.538. The predicted octanol–water partition coefficient (Wildman–Crippen LogP) is 2.18. The highest BCUT2D eigenvalue weighted by molar-refractivity contribution is 5.46. The van der Waals surface area contributed by atoms with Crippen LogP contribution in [0.3, 0.4) is 0 Å². The van der Waals surface area contributed by atoms with E-state index < -0.39 is 0 Å². The first-order valence-electron chi connectivity index (χ1n) is 5.96. The van der Waals surface area contributed by atoms with E-state index in [0.29, 0.717) is 0 Å². The third-order valence-corrected chi connectivity index (χ3v) is 2.36. The summed E-state index contributed by atoms with van der Waals surface area (Å²) in [5.74, 6) is 0.